The summed E-state index contributed by atoms with van der Waals surface area (Å²) in [6.07, 6.45) is 5.53. The Morgan fingerprint density at radius 2 is 2.05 bits per heavy atom. The first-order valence-electron chi connectivity index (χ1n) is 6.84. The van der Waals surface area contributed by atoms with Gasteiger partial charge in [-0.05, 0) is 25.3 Å². The first-order valence-corrected chi connectivity index (χ1v) is 6.84. The molecule has 0 unspecified atom stereocenters. The summed E-state index contributed by atoms with van der Waals surface area (Å²) in [6, 6.07) is 3.99. The lowest BCUT2D eigenvalue weighted by molar-refractivity contribution is 0.338. The van der Waals surface area contributed by atoms with Gasteiger partial charge in [-0.25, -0.2) is 9.98 Å². The molecule has 1 aromatic rings. The van der Waals surface area contributed by atoms with Gasteiger partial charge in [-0.1, -0.05) is 6.07 Å². The topological polar surface area (TPSA) is 57.8 Å². The van der Waals surface area contributed by atoms with Crippen molar-refractivity contribution in [3.8, 4) is 0 Å². The van der Waals surface area contributed by atoms with Gasteiger partial charge in [0.2, 0.25) is 0 Å². The van der Waals surface area contributed by atoms with Gasteiger partial charge in [0.25, 0.3) is 0 Å². The van der Waals surface area contributed by atoms with Gasteiger partial charge in [0.15, 0.2) is 5.96 Å². The van der Waals surface area contributed by atoms with E-state index in [-0.39, 0.29) is 24.0 Å². The summed E-state index contributed by atoms with van der Waals surface area (Å²) < 4.78 is 0. The van der Waals surface area contributed by atoms with Gasteiger partial charge in [0.05, 0.1) is 6.54 Å². The predicted molar refractivity (Wildman–Crippen MR) is 94.7 cm³/mol. The van der Waals surface area contributed by atoms with Crippen molar-refractivity contribution >= 4 is 35.8 Å². The first kappa shape index (κ1) is 17.0. The number of aromatic nitrogens is 1. The maximum Gasteiger partial charge on any atom is 0.191 e. The lowest BCUT2D eigenvalue weighted by atomic mass is 10.1. The third kappa shape index (κ3) is 4.50. The quantitative estimate of drug-likeness (QED) is 0.489. The van der Waals surface area contributed by atoms with Crippen molar-refractivity contribution in [1.82, 2.24) is 9.88 Å². The van der Waals surface area contributed by atoms with E-state index in [0.717, 1.165) is 24.5 Å². The second-order valence-electron chi connectivity index (χ2n) is 5.10. The van der Waals surface area contributed by atoms with E-state index in [9.17, 15) is 0 Å². The number of nitrogens with zero attached hydrogens (tertiary/aromatic N) is 4. The zero-order valence-electron chi connectivity index (χ0n) is 12.2. The molecule has 0 aliphatic carbocycles. The van der Waals surface area contributed by atoms with E-state index in [0.29, 0.717) is 12.5 Å². The van der Waals surface area contributed by atoms with Crippen LogP contribution < -0.4 is 10.6 Å². The van der Waals surface area contributed by atoms with Crippen molar-refractivity contribution in [2.75, 3.05) is 32.1 Å². The molecule has 0 bridgehead atoms. The Kier molecular flexibility index (Phi) is 7.04. The molecule has 2 heterocycles. The van der Waals surface area contributed by atoms with Crippen LogP contribution in [0, 0.1) is 0 Å². The Labute approximate surface area is 138 Å². The van der Waals surface area contributed by atoms with Gasteiger partial charge < -0.3 is 15.5 Å². The average Bonchev–Trinajstić information content (AvgIpc) is 2.46. The molecule has 112 valence electrons. The Hall–Kier alpha value is -1.05. The highest BCUT2D eigenvalue weighted by Gasteiger charge is 2.12. The molecule has 5 nitrogen and oxygen atoms in total. The summed E-state index contributed by atoms with van der Waals surface area (Å²) >= 11 is 0. The molecule has 6 heteroatoms. The fourth-order valence-electron chi connectivity index (χ4n) is 2.35. The van der Waals surface area contributed by atoms with Gasteiger partial charge in [0, 0.05) is 38.9 Å². The van der Waals surface area contributed by atoms with Gasteiger partial charge >= 0.3 is 0 Å². The third-order valence-electron chi connectivity index (χ3n) is 3.38. The minimum Gasteiger partial charge on any atom is -0.370 e. The van der Waals surface area contributed by atoms with Crippen LogP contribution in [0.1, 0.15) is 24.8 Å². The van der Waals surface area contributed by atoms with Crippen LogP contribution in [0.4, 0.5) is 5.82 Å². The highest BCUT2D eigenvalue weighted by molar-refractivity contribution is 14.0. The number of aliphatic imine (C=N–C) groups is 1. The van der Waals surface area contributed by atoms with Crippen LogP contribution in [-0.4, -0.2) is 43.0 Å². The standard InChI is InChI=1S/C14H23N5.HI/c1-18(2)13-12(7-6-8-16-13)11-17-14(15)19-9-4-3-5-10-19;/h6-8H,3-5,9-11H2,1-2H3,(H2,15,17);1H. The Morgan fingerprint density at radius 1 is 1.35 bits per heavy atom. The van der Waals surface area contributed by atoms with Crippen LogP contribution in [0.25, 0.3) is 0 Å². The van der Waals surface area contributed by atoms with E-state index < -0.39 is 0 Å². The van der Waals surface area contributed by atoms with Crippen LogP contribution in [0.5, 0.6) is 0 Å². The van der Waals surface area contributed by atoms with Crippen LogP contribution in [0.15, 0.2) is 23.3 Å². The summed E-state index contributed by atoms with van der Waals surface area (Å²) in [5.41, 5.74) is 7.17. The number of guanidine groups is 1. The number of halogens is 1. The molecule has 1 aliphatic heterocycles. The molecule has 1 aliphatic rings. The fourth-order valence-corrected chi connectivity index (χ4v) is 2.35. The molecular weight excluding hydrogens is 365 g/mol. The van der Waals surface area contributed by atoms with Crippen LogP contribution in [0.2, 0.25) is 0 Å². The zero-order chi connectivity index (χ0) is 13.7. The molecule has 1 saturated heterocycles. The second-order valence-corrected chi connectivity index (χ2v) is 5.10. The molecule has 20 heavy (non-hydrogen) atoms. The molecule has 0 aromatic carbocycles. The number of hydrogen-bond donors (Lipinski definition) is 1. The van der Waals surface area contributed by atoms with E-state index in [1.165, 1.54) is 19.3 Å². The molecule has 0 spiro atoms. The van der Waals surface area contributed by atoms with Crippen molar-refractivity contribution < 1.29 is 0 Å². The number of anilines is 1. The zero-order valence-corrected chi connectivity index (χ0v) is 14.6. The smallest absolute Gasteiger partial charge is 0.191 e. The lowest BCUT2D eigenvalue weighted by Crippen LogP contribution is -2.40. The maximum absolute atomic E-state index is 6.06. The summed E-state index contributed by atoms with van der Waals surface area (Å²) in [7, 11) is 3.98. The van der Waals surface area contributed by atoms with E-state index in [4.69, 9.17) is 5.73 Å². The van der Waals surface area contributed by atoms with Crippen molar-refractivity contribution in [2.24, 2.45) is 10.7 Å². The highest BCUT2D eigenvalue weighted by atomic mass is 127. The number of piperidine rings is 1. The summed E-state index contributed by atoms with van der Waals surface area (Å²) in [6.45, 7) is 2.65. The number of nitrogens with two attached hydrogens (primary N) is 1. The summed E-state index contributed by atoms with van der Waals surface area (Å²) in [4.78, 5) is 13.1. The Balaban J connectivity index is 0.00000200. The van der Waals surface area contributed by atoms with Gasteiger partial charge in [-0.15, -0.1) is 24.0 Å². The molecule has 2 N–H and O–H groups in total. The largest absolute Gasteiger partial charge is 0.370 e. The van der Waals surface area contributed by atoms with Crippen molar-refractivity contribution in [2.45, 2.75) is 25.8 Å². The Morgan fingerprint density at radius 3 is 2.70 bits per heavy atom. The van der Waals surface area contributed by atoms with Gasteiger partial charge in [0.1, 0.15) is 5.82 Å². The first-order chi connectivity index (χ1) is 9.18. The van der Waals surface area contributed by atoms with Crippen LogP contribution in [0.3, 0.4) is 0 Å². The van der Waals surface area contributed by atoms with Gasteiger partial charge in [-0.2, -0.15) is 0 Å². The summed E-state index contributed by atoms with van der Waals surface area (Å²) in [5, 5.41) is 0. The van der Waals surface area contributed by atoms with E-state index >= 15 is 0 Å². The van der Waals surface area contributed by atoms with Gasteiger partial charge in [-0.3, -0.25) is 0 Å². The minimum absolute atomic E-state index is 0. The number of rotatable bonds is 3. The fraction of sp³-hybridized carbons (Fsp3) is 0.571. The number of pyridine rings is 1. The summed E-state index contributed by atoms with van der Waals surface area (Å²) in [5.74, 6) is 1.62. The molecule has 1 fully saturated rings. The molecular formula is C14H24IN5. The third-order valence-corrected chi connectivity index (χ3v) is 3.38. The second kappa shape index (κ2) is 8.28. The minimum atomic E-state index is 0. The lowest BCUT2D eigenvalue weighted by Gasteiger charge is -2.27. The number of hydrogen-bond acceptors (Lipinski definition) is 3. The van der Waals surface area contributed by atoms with Crippen LogP contribution in [-0.2, 0) is 6.54 Å². The van der Waals surface area contributed by atoms with Crippen molar-refractivity contribution in [3.63, 3.8) is 0 Å². The normalized spacial score (nSPS) is 15.7. The molecule has 0 radical (unpaired) electrons. The van der Waals surface area contributed by atoms with E-state index in [2.05, 4.69) is 20.9 Å². The van der Waals surface area contributed by atoms with Crippen molar-refractivity contribution in [3.05, 3.63) is 23.9 Å². The maximum atomic E-state index is 6.06. The molecule has 0 amide bonds. The monoisotopic (exact) mass is 389 g/mol. The van der Waals surface area contributed by atoms with E-state index in [1.807, 2.05) is 25.1 Å². The molecule has 1 aromatic heterocycles. The molecule has 2 rings (SSSR count). The van der Waals surface area contributed by atoms with Crippen molar-refractivity contribution in [1.29, 1.82) is 0 Å². The SMILES string of the molecule is CN(C)c1ncccc1CN=C(N)N1CCCCC1.I. The average molecular weight is 389 g/mol. The molecule has 0 atom stereocenters. The number of likely N-dealkylation sites (tertiary alicyclic amines) is 1. The van der Waals surface area contributed by atoms with Crippen LogP contribution >= 0.6 is 24.0 Å². The Bertz CT molecular complexity index is 441. The molecule has 0 saturated carbocycles. The predicted octanol–water partition coefficient (Wildman–Crippen LogP) is 2.07. The highest BCUT2D eigenvalue weighted by Crippen LogP contribution is 2.15. The van der Waals surface area contributed by atoms with E-state index in [1.54, 1.807) is 6.20 Å².